The number of rotatable bonds is 4. The number of para-hydroxylation sites is 2. The number of hydrogen-bond acceptors (Lipinski definition) is 4. The molecule has 5 heteroatoms. The van der Waals surface area contributed by atoms with Crippen molar-refractivity contribution in [2.45, 2.75) is 6.92 Å². The quantitative estimate of drug-likeness (QED) is 0.923. The molecule has 0 radical (unpaired) electrons. The molecule has 2 rings (SSSR count). The number of hydrogen-bond donors (Lipinski definition) is 1. The highest BCUT2D eigenvalue weighted by Gasteiger charge is 2.09. The van der Waals surface area contributed by atoms with Crippen LogP contribution < -0.4 is 10.1 Å². The van der Waals surface area contributed by atoms with Crippen LogP contribution in [0.15, 0.2) is 42.6 Å². The molecule has 1 aromatic carbocycles. The van der Waals surface area contributed by atoms with E-state index < -0.39 is 0 Å². The predicted molar refractivity (Wildman–Crippen MR) is 74.5 cm³/mol. The van der Waals surface area contributed by atoms with Gasteiger partial charge in [-0.3, -0.25) is 9.78 Å². The highest BCUT2D eigenvalue weighted by atomic mass is 16.5. The van der Waals surface area contributed by atoms with Gasteiger partial charge in [0.2, 0.25) is 0 Å². The first-order valence-electron chi connectivity index (χ1n) is 6.03. The highest BCUT2D eigenvalue weighted by molar-refractivity contribution is 6.04. The summed E-state index contributed by atoms with van der Waals surface area (Å²) in [4.78, 5) is 16.2. The van der Waals surface area contributed by atoms with Crippen molar-refractivity contribution in [3.8, 4) is 11.8 Å². The summed E-state index contributed by atoms with van der Waals surface area (Å²) in [6.07, 6.45) is 1.52. The smallest absolute Gasteiger partial charge is 0.257 e. The van der Waals surface area contributed by atoms with Crippen molar-refractivity contribution >= 4 is 11.6 Å². The Kier molecular flexibility index (Phi) is 4.30. The Morgan fingerprint density at radius 3 is 2.85 bits per heavy atom. The van der Waals surface area contributed by atoms with Gasteiger partial charge in [-0.1, -0.05) is 12.1 Å². The minimum atomic E-state index is -0.273. The molecule has 2 aromatic rings. The lowest BCUT2D eigenvalue weighted by molar-refractivity contribution is 0.102. The molecule has 1 N–H and O–H groups in total. The van der Waals surface area contributed by atoms with Crippen molar-refractivity contribution in [1.29, 1.82) is 5.26 Å². The summed E-state index contributed by atoms with van der Waals surface area (Å²) < 4.78 is 5.25. The van der Waals surface area contributed by atoms with Crippen LogP contribution in [0.5, 0.6) is 5.75 Å². The SMILES string of the molecule is Cc1ccc(C(=O)Nc2ccccc2OCC#N)cn1. The summed E-state index contributed by atoms with van der Waals surface area (Å²) >= 11 is 0. The molecule has 1 heterocycles. The van der Waals surface area contributed by atoms with Crippen LogP contribution in [0.4, 0.5) is 5.69 Å². The second-order valence-electron chi connectivity index (χ2n) is 4.09. The Labute approximate surface area is 116 Å². The van der Waals surface area contributed by atoms with Gasteiger partial charge in [-0.25, -0.2) is 0 Å². The van der Waals surface area contributed by atoms with Crippen LogP contribution >= 0.6 is 0 Å². The van der Waals surface area contributed by atoms with Crippen LogP contribution in [-0.4, -0.2) is 17.5 Å². The lowest BCUT2D eigenvalue weighted by atomic mass is 10.2. The largest absolute Gasteiger partial charge is 0.477 e. The summed E-state index contributed by atoms with van der Waals surface area (Å²) in [5.74, 6) is 0.188. The normalized spacial score (nSPS) is 9.60. The van der Waals surface area contributed by atoms with Crippen LogP contribution in [-0.2, 0) is 0 Å². The van der Waals surface area contributed by atoms with Crippen LogP contribution in [0.25, 0.3) is 0 Å². The van der Waals surface area contributed by atoms with Gasteiger partial charge < -0.3 is 10.1 Å². The van der Waals surface area contributed by atoms with Gasteiger partial charge in [0.25, 0.3) is 5.91 Å². The first kappa shape index (κ1) is 13.6. The Bertz CT molecular complexity index is 645. The molecular weight excluding hydrogens is 254 g/mol. The molecule has 1 aromatic heterocycles. The second-order valence-corrected chi connectivity index (χ2v) is 4.09. The monoisotopic (exact) mass is 267 g/mol. The first-order chi connectivity index (χ1) is 9.70. The number of nitrogens with zero attached hydrogens (tertiary/aromatic N) is 2. The second kappa shape index (κ2) is 6.34. The van der Waals surface area contributed by atoms with Gasteiger partial charge in [0.05, 0.1) is 11.3 Å². The molecule has 1 amide bonds. The van der Waals surface area contributed by atoms with Crippen molar-refractivity contribution in [3.63, 3.8) is 0 Å². The molecule has 0 bridgehead atoms. The van der Waals surface area contributed by atoms with E-state index in [0.717, 1.165) is 5.69 Å². The minimum absolute atomic E-state index is 0.0705. The zero-order valence-corrected chi connectivity index (χ0v) is 11.0. The average molecular weight is 267 g/mol. The Morgan fingerprint density at radius 2 is 2.15 bits per heavy atom. The number of nitriles is 1. The number of aryl methyl sites for hydroxylation is 1. The molecule has 0 aliphatic heterocycles. The topological polar surface area (TPSA) is 75.0 Å². The molecule has 20 heavy (non-hydrogen) atoms. The maximum Gasteiger partial charge on any atom is 0.257 e. The van der Waals surface area contributed by atoms with Crippen molar-refractivity contribution < 1.29 is 9.53 Å². The first-order valence-corrected chi connectivity index (χ1v) is 6.03. The van der Waals surface area contributed by atoms with Crippen LogP contribution in [0.3, 0.4) is 0 Å². The van der Waals surface area contributed by atoms with Gasteiger partial charge in [-0.05, 0) is 31.2 Å². The summed E-state index contributed by atoms with van der Waals surface area (Å²) in [6.45, 7) is 1.78. The minimum Gasteiger partial charge on any atom is -0.477 e. The standard InChI is InChI=1S/C15H13N3O2/c1-11-6-7-12(10-17-11)15(19)18-13-4-2-3-5-14(13)20-9-8-16/h2-7,10H,9H2,1H3,(H,18,19). The van der Waals surface area contributed by atoms with Gasteiger partial charge in [0, 0.05) is 11.9 Å². The highest BCUT2D eigenvalue weighted by Crippen LogP contribution is 2.24. The Balaban J connectivity index is 2.15. The average Bonchev–Trinajstić information content (AvgIpc) is 2.47. The van der Waals surface area contributed by atoms with Crippen molar-refractivity contribution in [3.05, 3.63) is 53.9 Å². The molecule has 0 aliphatic rings. The zero-order chi connectivity index (χ0) is 14.4. The Hall–Kier alpha value is -2.87. The number of anilines is 1. The molecule has 100 valence electrons. The summed E-state index contributed by atoms with van der Waals surface area (Å²) in [5, 5.41) is 11.3. The van der Waals surface area contributed by atoms with Crippen LogP contribution in [0.1, 0.15) is 16.1 Å². The third-order valence-corrected chi connectivity index (χ3v) is 2.60. The van der Waals surface area contributed by atoms with E-state index in [1.165, 1.54) is 6.20 Å². The third kappa shape index (κ3) is 3.33. The van der Waals surface area contributed by atoms with Crippen LogP contribution in [0.2, 0.25) is 0 Å². The number of carbonyl (C=O) groups excluding carboxylic acids is 1. The molecule has 0 saturated carbocycles. The molecule has 0 fully saturated rings. The van der Waals surface area contributed by atoms with Crippen molar-refractivity contribution in [1.82, 2.24) is 4.98 Å². The van der Waals surface area contributed by atoms with E-state index in [9.17, 15) is 4.79 Å². The van der Waals surface area contributed by atoms with Gasteiger partial charge in [0.1, 0.15) is 11.8 Å². The number of nitrogens with one attached hydrogen (secondary N) is 1. The van der Waals surface area contributed by atoms with Gasteiger partial charge in [-0.15, -0.1) is 0 Å². The van der Waals surface area contributed by atoms with E-state index in [-0.39, 0.29) is 12.5 Å². The fraction of sp³-hybridized carbons (Fsp3) is 0.133. The number of benzene rings is 1. The lowest BCUT2D eigenvalue weighted by Crippen LogP contribution is -2.13. The molecule has 0 spiro atoms. The van der Waals surface area contributed by atoms with Crippen molar-refractivity contribution in [2.24, 2.45) is 0 Å². The van der Waals surface area contributed by atoms with Gasteiger partial charge >= 0.3 is 0 Å². The van der Waals surface area contributed by atoms with E-state index in [0.29, 0.717) is 17.0 Å². The van der Waals surface area contributed by atoms with E-state index in [2.05, 4.69) is 10.3 Å². The van der Waals surface area contributed by atoms with Crippen molar-refractivity contribution in [2.75, 3.05) is 11.9 Å². The number of pyridine rings is 1. The number of amides is 1. The van der Waals surface area contributed by atoms with E-state index in [4.69, 9.17) is 10.00 Å². The third-order valence-electron chi connectivity index (χ3n) is 2.60. The maximum atomic E-state index is 12.1. The fourth-order valence-corrected chi connectivity index (χ4v) is 1.60. The fourth-order valence-electron chi connectivity index (χ4n) is 1.60. The molecule has 5 nitrogen and oxygen atoms in total. The number of aromatic nitrogens is 1. The summed E-state index contributed by atoms with van der Waals surface area (Å²) in [6, 6.07) is 12.3. The number of carbonyl (C=O) groups is 1. The van der Waals surface area contributed by atoms with E-state index >= 15 is 0 Å². The molecular formula is C15H13N3O2. The number of ether oxygens (including phenoxy) is 1. The molecule has 0 atom stereocenters. The molecule has 0 saturated heterocycles. The Morgan fingerprint density at radius 1 is 1.35 bits per heavy atom. The predicted octanol–water partition coefficient (Wildman–Crippen LogP) is 2.54. The van der Waals surface area contributed by atoms with Crippen LogP contribution in [0, 0.1) is 18.3 Å². The van der Waals surface area contributed by atoms with E-state index in [1.54, 1.807) is 36.4 Å². The maximum absolute atomic E-state index is 12.1. The van der Waals surface area contributed by atoms with E-state index in [1.807, 2.05) is 13.0 Å². The summed E-state index contributed by atoms with van der Waals surface area (Å²) in [5.41, 5.74) is 1.83. The molecule has 0 aliphatic carbocycles. The molecule has 0 unspecified atom stereocenters. The van der Waals surface area contributed by atoms with Gasteiger partial charge in [-0.2, -0.15) is 5.26 Å². The lowest BCUT2D eigenvalue weighted by Gasteiger charge is -2.10. The van der Waals surface area contributed by atoms with Gasteiger partial charge in [0.15, 0.2) is 6.61 Å². The summed E-state index contributed by atoms with van der Waals surface area (Å²) in [7, 11) is 0. The zero-order valence-electron chi connectivity index (χ0n) is 11.0.